The molecule has 0 amide bonds. The number of aromatic nitrogens is 1. The Balaban J connectivity index is 2.02. The summed E-state index contributed by atoms with van der Waals surface area (Å²) in [4.78, 5) is 0.182. The summed E-state index contributed by atoms with van der Waals surface area (Å²) in [5.41, 5.74) is 0.535. The molecule has 0 aliphatic heterocycles. The van der Waals surface area contributed by atoms with E-state index in [1.807, 2.05) is 0 Å². The maximum Gasteiger partial charge on any atom is 0.263 e. The van der Waals surface area contributed by atoms with Crippen LogP contribution >= 0.6 is 0 Å². The van der Waals surface area contributed by atoms with E-state index < -0.39 is 10.0 Å². The molecule has 3 rings (SSSR count). The number of hydrogen-bond acceptors (Lipinski definition) is 4. The molecule has 1 N–H and O–H groups in total. The van der Waals surface area contributed by atoms with Gasteiger partial charge in [0.2, 0.25) is 0 Å². The molecule has 0 saturated carbocycles. The van der Waals surface area contributed by atoms with Crippen LogP contribution in [0.5, 0.6) is 0 Å². The van der Waals surface area contributed by atoms with Crippen LogP contribution in [0.2, 0.25) is 0 Å². The number of anilines is 1. The highest BCUT2D eigenvalue weighted by Gasteiger charge is 2.17. The summed E-state index contributed by atoms with van der Waals surface area (Å²) in [6.07, 6.45) is 0. The minimum absolute atomic E-state index is 0.182. The van der Waals surface area contributed by atoms with Crippen molar-refractivity contribution in [3.8, 4) is 0 Å². The van der Waals surface area contributed by atoms with Crippen molar-refractivity contribution in [3.05, 3.63) is 54.6 Å². The van der Waals surface area contributed by atoms with Crippen molar-refractivity contribution < 1.29 is 12.9 Å². The van der Waals surface area contributed by atoms with Crippen LogP contribution in [0.1, 0.15) is 0 Å². The van der Waals surface area contributed by atoms with Gasteiger partial charge in [-0.1, -0.05) is 35.5 Å². The molecule has 2 aromatic carbocycles. The van der Waals surface area contributed by atoms with Crippen LogP contribution in [0, 0.1) is 0 Å². The van der Waals surface area contributed by atoms with Crippen LogP contribution < -0.4 is 4.72 Å². The van der Waals surface area contributed by atoms with Crippen LogP contribution in [0.3, 0.4) is 0 Å². The summed E-state index contributed by atoms with van der Waals surface area (Å²) in [6.45, 7) is 0. The Labute approximate surface area is 109 Å². The molecule has 5 nitrogen and oxygen atoms in total. The molecular formula is C13H10N2O3S. The van der Waals surface area contributed by atoms with Crippen molar-refractivity contribution in [3.63, 3.8) is 0 Å². The van der Waals surface area contributed by atoms with E-state index in [9.17, 15) is 8.42 Å². The zero-order valence-electron chi connectivity index (χ0n) is 9.78. The average Bonchev–Trinajstić information content (AvgIpc) is 2.83. The van der Waals surface area contributed by atoms with Crippen molar-refractivity contribution in [2.24, 2.45) is 0 Å². The molecule has 0 fully saturated rings. The monoisotopic (exact) mass is 274 g/mol. The predicted octanol–water partition coefficient (Wildman–Crippen LogP) is 2.63. The first-order valence-corrected chi connectivity index (χ1v) is 7.07. The fourth-order valence-electron chi connectivity index (χ4n) is 1.75. The Bertz CT molecular complexity index is 810. The first kappa shape index (κ1) is 11.7. The summed E-state index contributed by atoms with van der Waals surface area (Å²) in [7, 11) is -3.65. The number of nitrogens with one attached hydrogen (secondary N) is 1. The molecule has 0 spiro atoms. The van der Waals surface area contributed by atoms with Gasteiger partial charge in [-0.2, -0.15) is 0 Å². The van der Waals surface area contributed by atoms with E-state index in [-0.39, 0.29) is 10.7 Å². The summed E-state index contributed by atoms with van der Waals surface area (Å²) < 4.78 is 31.8. The highest BCUT2D eigenvalue weighted by atomic mass is 32.2. The van der Waals surface area contributed by atoms with E-state index in [0.717, 1.165) is 0 Å². The normalized spacial score (nSPS) is 11.6. The van der Waals surface area contributed by atoms with Crippen LogP contribution in [0.15, 0.2) is 64.0 Å². The van der Waals surface area contributed by atoms with Crippen LogP contribution in [-0.4, -0.2) is 13.6 Å². The third-order valence-corrected chi connectivity index (χ3v) is 4.02. The number of rotatable bonds is 3. The van der Waals surface area contributed by atoms with Crippen molar-refractivity contribution >= 4 is 26.8 Å². The van der Waals surface area contributed by atoms with Gasteiger partial charge in [0.15, 0.2) is 11.4 Å². The van der Waals surface area contributed by atoms with Gasteiger partial charge in [-0.3, -0.25) is 4.72 Å². The SMILES string of the molecule is O=S(=O)(Nc1noc2ccccc12)c1ccccc1. The van der Waals surface area contributed by atoms with Gasteiger partial charge in [0.25, 0.3) is 10.0 Å². The molecule has 0 bridgehead atoms. The lowest BCUT2D eigenvalue weighted by atomic mass is 10.2. The van der Waals surface area contributed by atoms with E-state index in [4.69, 9.17) is 4.52 Å². The van der Waals surface area contributed by atoms with Crippen molar-refractivity contribution in [1.29, 1.82) is 0 Å². The molecular weight excluding hydrogens is 264 g/mol. The quantitative estimate of drug-likeness (QED) is 0.797. The molecule has 0 unspecified atom stereocenters. The minimum Gasteiger partial charge on any atom is -0.354 e. The molecule has 19 heavy (non-hydrogen) atoms. The number of benzene rings is 2. The van der Waals surface area contributed by atoms with Gasteiger partial charge in [-0.25, -0.2) is 8.42 Å². The second-order valence-electron chi connectivity index (χ2n) is 3.95. The fraction of sp³-hybridized carbons (Fsp3) is 0. The molecule has 6 heteroatoms. The largest absolute Gasteiger partial charge is 0.354 e. The first-order valence-electron chi connectivity index (χ1n) is 5.59. The van der Waals surface area contributed by atoms with Gasteiger partial charge in [0.1, 0.15) is 0 Å². The first-order chi connectivity index (χ1) is 9.17. The molecule has 0 saturated heterocycles. The summed E-state index contributed by atoms with van der Waals surface area (Å²) in [5, 5.41) is 4.37. The van der Waals surface area contributed by atoms with Gasteiger partial charge >= 0.3 is 0 Å². The van der Waals surface area contributed by atoms with Crippen LogP contribution in [-0.2, 0) is 10.0 Å². The summed E-state index contributed by atoms with van der Waals surface area (Å²) in [5.74, 6) is 0.194. The van der Waals surface area contributed by atoms with Gasteiger partial charge in [-0.15, -0.1) is 0 Å². The van der Waals surface area contributed by atoms with Crippen molar-refractivity contribution in [2.75, 3.05) is 4.72 Å². The number of hydrogen-bond donors (Lipinski definition) is 1. The Kier molecular flexibility index (Phi) is 2.72. The highest BCUT2D eigenvalue weighted by Crippen LogP contribution is 2.24. The second kappa shape index (κ2) is 4.40. The Morgan fingerprint density at radius 3 is 2.42 bits per heavy atom. The molecule has 0 aliphatic carbocycles. The minimum atomic E-state index is -3.65. The predicted molar refractivity (Wildman–Crippen MR) is 71.3 cm³/mol. The zero-order chi connectivity index (χ0) is 13.3. The smallest absolute Gasteiger partial charge is 0.263 e. The average molecular weight is 274 g/mol. The Morgan fingerprint density at radius 1 is 0.947 bits per heavy atom. The van der Waals surface area contributed by atoms with E-state index in [1.165, 1.54) is 12.1 Å². The van der Waals surface area contributed by atoms with E-state index in [2.05, 4.69) is 9.88 Å². The van der Waals surface area contributed by atoms with Crippen molar-refractivity contribution in [1.82, 2.24) is 5.16 Å². The maximum absolute atomic E-state index is 12.2. The lowest BCUT2D eigenvalue weighted by molar-refractivity contribution is 0.460. The highest BCUT2D eigenvalue weighted by molar-refractivity contribution is 7.92. The van der Waals surface area contributed by atoms with E-state index >= 15 is 0 Å². The second-order valence-corrected chi connectivity index (χ2v) is 5.63. The lowest BCUT2D eigenvalue weighted by Crippen LogP contribution is -2.13. The standard InChI is InChI=1S/C13H10N2O3S/c16-19(17,10-6-2-1-3-7-10)15-13-11-8-4-5-9-12(11)18-14-13/h1-9H,(H,14,15). The molecule has 0 radical (unpaired) electrons. The van der Waals surface area contributed by atoms with Gasteiger partial charge < -0.3 is 4.52 Å². The molecule has 1 aromatic heterocycles. The van der Waals surface area contributed by atoms with Gasteiger partial charge in [0, 0.05) is 0 Å². The molecule has 0 aliphatic rings. The molecule has 1 heterocycles. The zero-order valence-corrected chi connectivity index (χ0v) is 10.6. The molecule has 96 valence electrons. The summed E-state index contributed by atoms with van der Waals surface area (Å²) >= 11 is 0. The molecule has 0 atom stereocenters. The van der Waals surface area contributed by atoms with Crippen molar-refractivity contribution in [2.45, 2.75) is 4.90 Å². The summed E-state index contributed by atoms with van der Waals surface area (Å²) in [6, 6.07) is 15.2. The van der Waals surface area contributed by atoms with Gasteiger partial charge in [0.05, 0.1) is 10.3 Å². The molecule has 3 aromatic rings. The fourth-order valence-corrected chi connectivity index (χ4v) is 2.78. The van der Waals surface area contributed by atoms with Crippen LogP contribution in [0.25, 0.3) is 11.0 Å². The number of nitrogens with zero attached hydrogens (tertiary/aromatic N) is 1. The van der Waals surface area contributed by atoms with Crippen LogP contribution in [0.4, 0.5) is 5.82 Å². The lowest BCUT2D eigenvalue weighted by Gasteiger charge is -2.04. The van der Waals surface area contributed by atoms with Gasteiger partial charge in [-0.05, 0) is 24.3 Å². The number of fused-ring (bicyclic) bond motifs is 1. The maximum atomic E-state index is 12.2. The Hall–Kier alpha value is -2.34. The topological polar surface area (TPSA) is 72.2 Å². The number of para-hydroxylation sites is 1. The third kappa shape index (κ3) is 2.17. The third-order valence-electron chi connectivity index (χ3n) is 2.66. The number of sulfonamides is 1. The Morgan fingerprint density at radius 2 is 1.63 bits per heavy atom. The van der Waals surface area contributed by atoms with E-state index in [0.29, 0.717) is 11.0 Å². The van der Waals surface area contributed by atoms with E-state index in [1.54, 1.807) is 42.5 Å².